The number of nitrogens with zero attached hydrogens (tertiary/aromatic N) is 4. The molecule has 0 fully saturated rings. The minimum absolute atomic E-state index is 0.236. The topological polar surface area (TPSA) is 81.4 Å². The smallest absolute Gasteiger partial charge is 0.267 e. The lowest BCUT2D eigenvalue weighted by Crippen LogP contribution is -2.44. The first-order valence-corrected chi connectivity index (χ1v) is 7.48. The Hall–Kier alpha value is -2.41. The third kappa shape index (κ3) is 3.19. The number of carbonyl (C=O) groups is 1. The molecule has 0 saturated heterocycles. The number of amides is 1. The van der Waals surface area contributed by atoms with Gasteiger partial charge in [0.05, 0.1) is 12.3 Å². The van der Waals surface area contributed by atoms with E-state index in [-0.39, 0.29) is 12.5 Å². The summed E-state index contributed by atoms with van der Waals surface area (Å²) >= 11 is 6.16. The molecule has 23 heavy (non-hydrogen) atoms. The first-order valence-electron chi connectivity index (χ1n) is 7.11. The molecule has 7 nitrogen and oxygen atoms in total. The summed E-state index contributed by atoms with van der Waals surface area (Å²) in [7, 11) is 1.77. The van der Waals surface area contributed by atoms with Gasteiger partial charge in [-0.15, -0.1) is 0 Å². The molecule has 0 saturated carbocycles. The fraction of sp³-hybridized carbons (Fsp3) is 0.333. The van der Waals surface area contributed by atoms with Gasteiger partial charge in [-0.3, -0.25) is 9.48 Å². The van der Waals surface area contributed by atoms with Crippen molar-refractivity contribution in [2.45, 2.75) is 25.5 Å². The second kappa shape index (κ2) is 6.00. The predicted molar refractivity (Wildman–Crippen MR) is 84.9 cm³/mol. The first-order chi connectivity index (χ1) is 11.0. The van der Waals surface area contributed by atoms with Crippen molar-refractivity contribution in [1.29, 1.82) is 0 Å². The van der Waals surface area contributed by atoms with Gasteiger partial charge >= 0.3 is 0 Å². The lowest BCUT2D eigenvalue weighted by atomic mass is 9.95. The fourth-order valence-electron chi connectivity index (χ4n) is 2.31. The molecule has 1 amide bonds. The van der Waals surface area contributed by atoms with E-state index in [4.69, 9.17) is 16.4 Å². The second-order valence-corrected chi connectivity index (χ2v) is 5.94. The van der Waals surface area contributed by atoms with Crippen molar-refractivity contribution in [3.63, 3.8) is 0 Å². The summed E-state index contributed by atoms with van der Waals surface area (Å²) in [6, 6.07) is 7.34. The lowest BCUT2D eigenvalue weighted by molar-refractivity contribution is -0.141. The van der Waals surface area contributed by atoms with E-state index in [0.29, 0.717) is 23.0 Å². The van der Waals surface area contributed by atoms with Gasteiger partial charge in [0.1, 0.15) is 6.33 Å². The monoisotopic (exact) mass is 333 g/mol. The molecule has 120 valence electrons. The number of aromatic nitrogens is 3. The summed E-state index contributed by atoms with van der Waals surface area (Å²) in [5, 5.41) is 11.5. The molecular weight excluding hydrogens is 318 g/mol. The fourth-order valence-corrected chi connectivity index (χ4v) is 2.56. The van der Waals surface area contributed by atoms with Crippen molar-refractivity contribution in [1.82, 2.24) is 20.1 Å². The summed E-state index contributed by atoms with van der Waals surface area (Å²) in [6.07, 6.45) is 1.92. The molecule has 2 heterocycles. The van der Waals surface area contributed by atoms with Gasteiger partial charge in [-0.1, -0.05) is 35.0 Å². The highest BCUT2D eigenvalue weighted by molar-refractivity contribution is 6.34. The number of hydrogen-bond acceptors (Lipinski definition) is 5. The molecule has 1 aromatic heterocycles. The molecule has 0 radical (unpaired) electrons. The zero-order chi connectivity index (χ0) is 16.4. The Bertz CT molecular complexity index is 773. The van der Waals surface area contributed by atoms with Gasteiger partial charge in [-0.2, -0.15) is 5.10 Å². The van der Waals surface area contributed by atoms with E-state index < -0.39 is 5.60 Å². The molecule has 0 spiro atoms. The molecule has 0 bridgehead atoms. The van der Waals surface area contributed by atoms with Crippen LogP contribution in [0.15, 0.2) is 35.7 Å². The van der Waals surface area contributed by atoms with Crippen molar-refractivity contribution in [3.05, 3.63) is 47.0 Å². The van der Waals surface area contributed by atoms with Crippen LogP contribution in [-0.2, 0) is 23.2 Å². The minimum Gasteiger partial charge on any atom is -0.379 e. The molecule has 1 aromatic carbocycles. The Morgan fingerprint density at radius 3 is 2.96 bits per heavy atom. The van der Waals surface area contributed by atoms with Crippen molar-refractivity contribution in [2.75, 3.05) is 0 Å². The van der Waals surface area contributed by atoms with Crippen molar-refractivity contribution < 1.29 is 9.63 Å². The Labute approximate surface area is 138 Å². The number of carbonyl (C=O) groups excluding carboxylic acids is 1. The molecule has 8 heteroatoms. The van der Waals surface area contributed by atoms with Crippen LogP contribution < -0.4 is 5.32 Å². The molecule has 1 aliphatic heterocycles. The number of halogens is 1. The number of aryl methyl sites for hydroxylation is 1. The van der Waals surface area contributed by atoms with Crippen LogP contribution in [0.2, 0.25) is 5.02 Å². The van der Waals surface area contributed by atoms with Gasteiger partial charge in [-0.05, 0) is 13.0 Å². The van der Waals surface area contributed by atoms with Crippen molar-refractivity contribution in [3.8, 4) is 0 Å². The second-order valence-electron chi connectivity index (χ2n) is 5.53. The van der Waals surface area contributed by atoms with Crippen molar-refractivity contribution >= 4 is 23.2 Å². The molecule has 0 unspecified atom stereocenters. The van der Waals surface area contributed by atoms with Gasteiger partial charge in [-0.25, -0.2) is 4.98 Å². The van der Waals surface area contributed by atoms with Crippen LogP contribution in [0, 0.1) is 0 Å². The van der Waals surface area contributed by atoms with Gasteiger partial charge in [0, 0.05) is 24.1 Å². The predicted octanol–water partition coefficient (Wildman–Crippen LogP) is 1.67. The first kappa shape index (κ1) is 15.5. The quantitative estimate of drug-likeness (QED) is 0.922. The average molecular weight is 334 g/mol. The molecule has 1 atom stereocenters. The maximum Gasteiger partial charge on any atom is 0.267 e. The van der Waals surface area contributed by atoms with Crippen LogP contribution in [0.3, 0.4) is 0 Å². The molecular formula is C15H16ClN5O2. The molecule has 0 aliphatic carbocycles. The Morgan fingerprint density at radius 1 is 1.48 bits per heavy atom. The Balaban J connectivity index is 1.65. The summed E-state index contributed by atoms with van der Waals surface area (Å²) in [6.45, 7) is 1.93. The van der Waals surface area contributed by atoms with Gasteiger partial charge in [0.2, 0.25) is 5.60 Å². The zero-order valence-electron chi connectivity index (χ0n) is 12.8. The standard InChI is InChI=1S/C15H16ClN5O2/c1-15(14(22)17-8-13-18-9-21(2)19-13)7-12(20-23-15)10-5-3-4-6-11(10)16/h3-6,9H,7-8H2,1-2H3,(H,17,22)/t15-/m1/s1. The number of rotatable bonds is 4. The van der Waals surface area contributed by atoms with Crippen molar-refractivity contribution in [2.24, 2.45) is 12.2 Å². The number of benzene rings is 1. The third-order valence-corrected chi connectivity index (χ3v) is 3.91. The third-order valence-electron chi connectivity index (χ3n) is 3.58. The molecule has 2 aromatic rings. The van der Waals surface area contributed by atoms with E-state index in [1.807, 2.05) is 18.2 Å². The molecule has 1 N–H and O–H groups in total. The van der Waals surface area contributed by atoms with E-state index in [9.17, 15) is 4.79 Å². The van der Waals surface area contributed by atoms with E-state index in [1.54, 1.807) is 31.0 Å². The highest BCUT2D eigenvalue weighted by Crippen LogP contribution is 2.29. The van der Waals surface area contributed by atoms with E-state index in [0.717, 1.165) is 5.56 Å². The lowest BCUT2D eigenvalue weighted by Gasteiger charge is -2.19. The van der Waals surface area contributed by atoms with Gasteiger partial charge in [0.15, 0.2) is 5.82 Å². The van der Waals surface area contributed by atoms with E-state index >= 15 is 0 Å². The van der Waals surface area contributed by atoms with Gasteiger partial charge < -0.3 is 10.2 Å². The number of oxime groups is 1. The summed E-state index contributed by atoms with van der Waals surface area (Å²) < 4.78 is 1.58. The summed E-state index contributed by atoms with van der Waals surface area (Å²) in [4.78, 5) is 21.9. The van der Waals surface area contributed by atoms with Gasteiger partial charge in [0.25, 0.3) is 5.91 Å². The van der Waals surface area contributed by atoms with E-state index in [2.05, 4.69) is 20.6 Å². The number of nitrogens with one attached hydrogen (secondary N) is 1. The minimum atomic E-state index is -1.07. The normalized spacial score (nSPS) is 20.0. The average Bonchev–Trinajstić information content (AvgIpc) is 3.12. The van der Waals surface area contributed by atoms with Crippen LogP contribution in [0.1, 0.15) is 24.7 Å². The highest BCUT2D eigenvalue weighted by atomic mass is 35.5. The summed E-state index contributed by atoms with van der Waals surface area (Å²) in [5.74, 6) is 0.269. The zero-order valence-corrected chi connectivity index (χ0v) is 13.5. The van der Waals surface area contributed by atoms with Crippen LogP contribution in [0.4, 0.5) is 0 Å². The van der Waals surface area contributed by atoms with Crippen LogP contribution in [-0.4, -0.2) is 32.0 Å². The number of hydrogen-bond donors (Lipinski definition) is 1. The maximum atomic E-state index is 12.4. The largest absolute Gasteiger partial charge is 0.379 e. The van der Waals surface area contributed by atoms with Crippen LogP contribution in [0.25, 0.3) is 0 Å². The Kier molecular flexibility index (Phi) is 4.04. The highest BCUT2D eigenvalue weighted by Gasteiger charge is 2.42. The maximum absolute atomic E-state index is 12.4. The van der Waals surface area contributed by atoms with Crippen LogP contribution >= 0.6 is 11.6 Å². The molecule has 1 aliphatic rings. The Morgan fingerprint density at radius 2 is 2.26 bits per heavy atom. The summed E-state index contributed by atoms with van der Waals surface area (Å²) in [5.41, 5.74) is 0.366. The molecule has 3 rings (SSSR count). The van der Waals surface area contributed by atoms with E-state index in [1.165, 1.54) is 0 Å². The SMILES string of the molecule is Cn1cnc(CNC(=O)[C@@]2(C)CC(c3ccccc3Cl)=NO2)n1. The van der Waals surface area contributed by atoms with Crippen LogP contribution in [0.5, 0.6) is 0 Å².